The first kappa shape index (κ1) is 24.5. The van der Waals surface area contributed by atoms with Gasteiger partial charge in [0.05, 0.1) is 37.0 Å². The zero-order valence-corrected chi connectivity index (χ0v) is 19.6. The molecule has 2 unspecified atom stereocenters. The molecule has 2 aromatic rings. The van der Waals surface area contributed by atoms with Crippen molar-refractivity contribution in [1.29, 1.82) is 0 Å². The number of carbonyl (C=O) groups excluding carboxylic acids is 1. The molecule has 34 heavy (non-hydrogen) atoms. The Bertz CT molecular complexity index is 1090. The Balaban J connectivity index is 1.62. The topological polar surface area (TPSA) is 86.6 Å². The molecular weight excluding hydrogens is 521 g/mol. The van der Waals surface area contributed by atoms with E-state index >= 15 is 0 Å². The van der Waals surface area contributed by atoms with Crippen LogP contribution < -0.4 is 15.0 Å². The van der Waals surface area contributed by atoms with E-state index in [-0.39, 0.29) is 5.69 Å². The number of anilines is 2. The molecule has 2 aliphatic heterocycles. The van der Waals surface area contributed by atoms with Crippen LogP contribution in [-0.4, -0.2) is 61.0 Å². The molecule has 1 saturated heterocycles. The lowest BCUT2D eigenvalue weighted by Gasteiger charge is -2.32. The van der Waals surface area contributed by atoms with Crippen molar-refractivity contribution in [2.75, 3.05) is 36.5 Å². The van der Waals surface area contributed by atoms with Crippen molar-refractivity contribution in [2.45, 2.75) is 25.6 Å². The lowest BCUT2D eigenvalue weighted by atomic mass is 10.1. The number of amides is 1. The summed E-state index contributed by atoms with van der Waals surface area (Å²) in [7, 11) is 0. The molecule has 182 valence electrons. The molecule has 1 fully saturated rings. The van der Waals surface area contributed by atoms with Crippen LogP contribution in [0.1, 0.15) is 18.7 Å². The SMILES string of the molecule is CC(C(=O)Nc1cc(N2C=Nc3cc(Br)ccc3C2O)ccc1OC(F)(F)F)N1CCOCC1. The van der Waals surface area contributed by atoms with Gasteiger partial charge in [-0.2, -0.15) is 0 Å². The van der Waals surface area contributed by atoms with Crippen LogP contribution in [0, 0.1) is 0 Å². The van der Waals surface area contributed by atoms with E-state index in [4.69, 9.17) is 4.74 Å². The molecule has 0 saturated carbocycles. The second kappa shape index (κ2) is 9.90. The first-order chi connectivity index (χ1) is 16.1. The molecule has 1 amide bonds. The summed E-state index contributed by atoms with van der Waals surface area (Å²) in [5.41, 5.74) is 1.21. The van der Waals surface area contributed by atoms with Gasteiger partial charge in [0.25, 0.3) is 0 Å². The number of nitrogens with one attached hydrogen (secondary N) is 1. The number of rotatable bonds is 5. The molecule has 0 aromatic heterocycles. The number of hydrogen-bond acceptors (Lipinski definition) is 7. The van der Waals surface area contributed by atoms with E-state index in [1.807, 2.05) is 4.90 Å². The number of halogens is 4. The molecule has 12 heteroatoms. The summed E-state index contributed by atoms with van der Waals surface area (Å²) >= 11 is 3.35. The highest BCUT2D eigenvalue weighted by atomic mass is 79.9. The molecule has 8 nitrogen and oxygen atoms in total. The van der Waals surface area contributed by atoms with Crippen molar-refractivity contribution in [3.63, 3.8) is 0 Å². The van der Waals surface area contributed by atoms with E-state index in [1.54, 1.807) is 25.1 Å². The normalized spacial score (nSPS) is 19.5. The van der Waals surface area contributed by atoms with Crippen LogP contribution in [0.2, 0.25) is 0 Å². The Labute approximate surface area is 202 Å². The van der Waals surface area contributed by atoms with Crippen molar-refractivity contribution in [3.05, 3.63) is 46.4 Å². The van der Waals surface area contributed by atoms with Gasteiger partial charge in [-0.3, -0.25) is 9.69 Å². The molecule has 2 heterocycles. The number of benzene rings is 2. The van der Waals surface area contributed by atoms with Crippen molar-refractivity contribution in [1.82, 2.24) is 4.90 Å². The number of carbonyl (C=O) groups is 1. The maximum atomic E-state index is 13.0. The number of hydrogen-bond donors (Lipinski definition) is 2. The third-order valence-corrected chi connectivity index (χ3v) is 6.07. The van der Waals surface area contributed by atoms with Crippen LogP contribution in [0.25, 0.3) is 0 Å². The molecular formula is C22H22BrF3N4O4. The van der Waals surface area contributed by atoms with Crippen molar-refractivity contribution in [3.8, 4) is 5.75 Å². The minimum Gasteiger partial charge on any atom is -0.404 e. The summed E-state index contributed by atoms with van der Waals surface area (Å²) in [5, 5.41) is 13.4. The predicted molar refractivity (Wildman–Crippen MR) is 123 cm³/mol. The van der Waals surface area contributed by atoms with Gasteiger partial charge in [0.1, 0.15) is 0 Å². The average Bonchev–Trinajstić information content (AvgIpc) is 2.79. The Hall–Kier alpha value is -2.67. The van der Waals surface area contributed by atoms with E-state index in [2.05, 4.69) is 31.0 Å². The molecule has 4 rings (SSSR count). The summed E-state index contributed by atoms with van der Waals surface area (Å²) < 4.78 is 49.2. The van der Waals surface area contributed by atoms with Gasteiger partial charge in [0.2, 0.25) is 5.91 Å². The van der Waals surface area contributed by atoms with E-state index in [9.17, 15) is 23.1 Å². The molecule has 0 bridgehead atoms. The van der Waals surface area contributed by atoms with Crippen LogP contribution >= 0.6 is 15.9 Å². The second-order valence-electron chi connectivity index (χ2n) is 7.77. The molecule has 2 aromatic carbocycles. The lowest BCUT2D eigenvalue weighted by Crippen LogP contribution is -2.47. The quantitative estimate of drug-likeness (QED) is 0.589. The minimum atomic E-state index is -4.95. The van der Waals surface area contributed by atoms with Gasteiger partial charge in [-0.25, -0.2) is 4.99 Å². The lowest BCUT2D eigenvalue weighted by molar-refractivity contribution is -0.274. The summed E-state index contributed by atoms with van der Waals surface area (Å²) in [4.78, 5) is 20.4. The third-order valence-electron chi connectivity index (χ3n) is 5.57. The van der Waals surface area contributed by atoms with Gasteiger partial charge in [-0.05, 0) is 37.3 Å². The highest BCUT2D eigenvalue weighted by Crippen LogP contribution is 2.39. The Kier molecular flexibility index (Phi) is 7.12. The molecule has 0 aliphatic carbocycles. The first-order valence-electron chi connectivity index (χ1n) is 10.4. The van der Waals surface area contributed by atoms with Gasteiger partial charge in [0.15, 0.2) is 12.0 Å². The molecule has 2 atom stereocenters. The zero-order valence-electron chi connectivity index (χ0n) is 18.1. The first-order valence-corrected chi connectivity index (χ1v) is 11.2. The van der Waals surface area contributed by atoms with Crippen LogP contribution in [-0.2, 0) is 9.53 Å². The number of ether oxygens (including phenoxy) is 2. The number of aliphatic hydroxyl groups is 1. The van der Waals surface area contributed by atoms with E-state index in [0.717, 1.165) is 10.5 Å². The predicted octanol–water partition coefficient (Wildman–Crippen LogP) is 4.18. The smallest absolute Gasteiger partial charge is 0.404 e. The number of aliphatic hydroxyl groups excluding tert-OH is 1. The summed E-state index contributed by atoms with van der Waals surface area (Å²) in [6.45, 7) is 3.68. The van der Waals surface area contributed by atoms with Crippen LogP contribution in [0.15, 0.2) is 45.9 Å². The number of aliphatic imine (C=N–C) groups is 1. The maximum absolute atomic E-state index is 13.0. The summed E-state index contributed by atoms with van der Waals surface area (Å²) in [6, 6.07) is 8.34. The zero-order chi connectivity index (χ0) is 24.5. The van der Waals surface area contributed by atoms with Gasteiger partial charge >= 0.3 is 6.36 Å². The fourth-order valence-corrected chi connectivity index (χ4v) is 4.10. The fraction of sp³-hybridized carbons (Fsp3) is 0.364. The number of alkyl halides is 3. The van der Waals surface area contributed by atoms with Crippen molar-refractivity contribution >= 4 is 45.2 Å². The van der Waals surface area contributed by atoms with E-state index in [0.29, 0.717) is 43.2 Å². The van der Waals surface area contributed by atoms with Gasteiger partial charge in [-0.1, -0.05) is 22.0 Å². The van der Waals surface area contributed by atoms with Crippen LogP contribution in [0.3, 0.4) is 0 Å². The standard InChI is InChI=1S/C22H22BrF3N4O4/c1-13(29-6-8-33-9-7-29)20(31)28-18-11-15(3-5-19(18)34-22(24,25)26)30-12-27-17-10-14(23)2-4-16(17)21(30)32/h2-5,10-13,21,32H,6-9H2,1H3,(H,28,31). The largest absolute Gasteiger partial charge is 0.573 e. The number of nitrogens with zero attached hydrogens (tertiary/aromatic N) is 3. The summed E-state index contributed by atoms with van der Waals surface area (Å²) in [6.07, 6.45) is -4.71. The van der Waals surface area contributed by atoms with Crippen molar-refractivity contribution in [2.24, 2.45) is 4.99 Å². The highest BCUT2D eigenvalue weighted by Gasteiger charge is 2.33. The highest BCUT2D eigenvalue weighted by molar-refractivity contribution is 9.10. The fourth-order valence-electron chi connectivity index (χ4n) is 3.75. The van der Waals surface area contributed by atoms with Crippen molar-refractivity contribution < 1.29 is 32.5 Å². The van der Waals surface area contributed by atoms with Gasteiger partial charge in [-0.15, -0.1) is 13.2 Å². The van der Waals surface area contributed by atoms with Crippen LogP contribution in [0.5, 0.6) is 5.75 Å². The molecule has 2 aliphatic rings. The monoisotopic (exact) mass is 542 g/mol. The Morgan fingerprint density at radius 1 is 1.26 bits per heavy atom. The third kappa shape index (κ3) is 5.52. The Morgan fingerprint density at radius 3 is 2.71 bits per heavy atom. The van der Waals surface area contributed by atoms with Gasteiger partial charge < -0.3 is 24.8 Å². The molecule has 2 N–H and O–H groups in total. The van der Waals surface area contributed by atoms with Gasteiger partial charge in [0, 0.05) is 28.8 Å². The Morgan fingerprint density at radius 2 is 2.00 bits per heavy atom. The maximum Gasteiger partial charge on any atom is 0.573 e. The minimum absolute atomic E-state index is 0.179. The van der Waals surface area contributed by atoms with Crippen LogP contribution in [0.4, 0.5) is 30.2 Å². The number of fused-ring (bicyclic) bond motifs is 1. The van der Waals surface area contributed by atoms with E-state index < -0.39 is 30.3 Å². The second-order valence-corrected chi connectivity index (χ2v) is 8.69. The van der Waals surface area contributed by atoms with E-state index in [1.165, 1.54) is 23.4 Å². The average molecular weight is 543 g/mol. The summed E-state index contributed by atoms with van der Waals surface area (Å²) in [5.74, 6) is -1.05. The number of morpholine rings is 1. The molecule has 0 spiro atoms. The molecule has 0 radical (unpaired) electrons.